The van der Waals surface area contributed by atoms with E-state index < -0.39 is 0 Å². The number of thiophene rings is 1. The van der Waals surface area contributed by atoms with E-state index in [1.165, 1.54) is 11.3 Å². The van der Waals surface area contributed by atoms with E-state index in [-0.39, 0.29) is 18.4 Å². The summed E-state index contributed by atoms with van der Waals surface area (Å²) >= 11 is 2.95. The molecule has 0 bridgehead atoms. The van der Waals surface area contributed by atoms with Gasteiger partial charge in [-0.3, -0.25) is 9.59 Å². The number of nitrogens with zero attached hydrogens (tertiary/aromatic N) is 1. The zero-order valence-electron chi connectivity index (χ0n) is 14.1. The predicted molar refractivity (Wildman–Crippen MR) is 110 cm³/mol. The van der Waals surface area contributed by atoms with Crippen molar-refractivity contribution in [3.63, 3.8) is 0 Å². The minimum absolute atomic E-state index is 0.0813. The Morgan fingerprint density at radius 3 is 2.70 bits per heavy atom. The molecule has 0 aliphatic rings. The van der Waals surface area contributed by atoms with Crippen molar-refractivity contribution in [3.8, 4) is 10.6 Å². The smallest absolute Gasteiger partial charge is 0.261 e. The van der Waals surface area contributed by atoms with Gasteiger partial charge in [-0.15, -0.1) is 22.7 Å². The van der Waals surface area contributed by atoms with Gasteiger partial charge >= 0.3 is 0 Å². The molecule has 27 heavy (non-hydrogen) atoms. The molecule has 0 saturated carbocycles. The quantitative estimate of drug-likeness (QED) is 0.528. The molecule has 0 atom stereocenters. The second kappa shape index (κ2) is 7.69. The van der Waals surface area contributed by atoms with Crippen molar-refractivity contribution in [1.29, 1.82) is 0 Å². The first-order valence-corrected chi connectivity index (χ1v) is 9.96. The molecule has 2 heterocycles. The summed E-state index contributed by atoms with van der Waals surface area (Å²) in [6.07, 6.45) is 0. The maximum absolute atomic E-state index is 12.1. The molecule has 5 nitrogen and oxygen atoms in total. The predicted octanol–water partition coefficient (Wildman–Crippen LogP) is 4.39. The van der Waals surface area contributed by atoms with Crippen LogP contribution >= 0.6 is 22.7 Å². The Balaban J connectivity index is 1.43. The average molecular weight is 393 g/mol. The number of thiazole rings is 1. The summed E-state index contributed by atoms with van der Waals surface area (Å²) in [6.45, 7) is -0.0813. The Morgan fingerprint density at radius 1 is 1.00 bits per heavy atom. The zero-order chi connectivity index (χ0) is 18.6. The van der Waals surface area contributed by atoms with Gasteiger partial charge < -0.3 is 10.6 Å². The minimum atomic E-state index is -0.277. The van der Waals surface area contributed by atoms with Gasteiger partial charge in [0.05, 0.1) is 21.6 Å². The Hall–Kier alpha value is -3.03. The normalized spacial score (nSPS) is 10.7. The lowest BCUT2D eigenvalue weighted by Gasteiger charge is -2.07. The van der Waals surface area contributed by atoms with Crippen molar-refractivity contribution < 1.29 is 9.59 Å². The van der Waals surface area contributed by atoms with Crippen LogP contribution in [0.1, 0.15) is 9.67 Å². The van der Waals surface area contributed by atoms with Crippen LogP contribution in [-0.4, -0.2) is 23.3 Å². The van der Waals surface area contributed by atoms with Gasteiger partial charge in [0.2, 0.25) is 5.91 Å². The molecule has 0 saturated heterocycles. The molecule has 0 aliphatic heterocycles. The zero-order valence-corrected chi connectivity index (χ0v) is 15.8. The number of rotatable bonds is 5. The molecule has 4 rings (SSSR count). The molecule has 0 spiro atoms. The second-order valence-electron chi connectivity index (χ2n) is 5.78. The first-order chi connectivity index (χ1) is 13.2. The minimum Gasteiger partial charge on any atom is -0.342 e. The number of para-hydroxylation sites is 1. The van der Waals surface area contributed by atoms with Gasteiger partial charge in [-0.05, 0) is 35.7 Å². The third-order valence-electron chi connectivity index (χ3n) is 3.84. The van der Waals surface area contributed by atoms with Crippen LogP contribution in [0.3, 0.4) is 0 Å². The molecule has 0 fully saturated rings. The van der Waals surface area contributed by atoms with Crippen molar-refractivity contribution in [3.05, 3.63) is 70.9 Å². The Morgan fingerprint density at radius 2 is 1.89 bits per heavy atom. The molecule has 134 valence electrons. The number of anilines is 1. The molecule has 2 aromatic carbocycles. The SMILES string of the molecule is O=C(CNC(=O)c1cccs1)Nc1cccc(-c2nc3ccccc3s2)c1. The van der Waals surface area contributed by atoms with Crippen molar-refractivity contribution in [2.24, 2.45) is 0 Å². The maximum atomic E-state index is 12.1. The molecule has 0 radical (unpaired) electrons. The Kier molecular flexibility index (Phi) is 4.95. The topological polar surface area (TPSA) is 71.1 Å². The molecule has 2 amide bonds. The first-order valence-electron chi connectivity index (χ1n) is 8.26. The van der Waals surface area contributed by atoms with Crippen LogP contribution in [0.25, 0.3) is 20.8 Å². The van der Waals surface area contributed by atoms with Crippen LogP contribution in [0.2, 0.25) is 0 Å². The molecule has 2 aromatic heterocycles. The Labute approximate surface area is 163 Å². The van der Waals surface area contributed by atoms with E-state index in [4.69, 9.17) is 0 Å². The van der Waals surface area contributed by atoms with Gasteiger partial charge in [-0.2, -0.15) is 0 Å². The van der Waals surface area contributed by atoms with Crippen LogP contribution in [0, 0.1) is 0 Å². The van der Waals surface area contributed by atoms with E-state index >= 15 is 0 Å². The van der Waals surface area contributed by atoms with Crippen molar-refractivity contribution in [2.75, 3.05) is 11.9 Å². The van der Waals surface area contributed by atoms with Crippen LogP contribution in [-0.2, 0) is 4.79 Å². The fourth-order valence-electron chi connectivity index (χ4n) is 2.59. The number of aromatic nitrogens is 1. The van der Waals surface area contributed by atoms with Gasteiger partial charge in [0.25, 0.3) is 5.91 Å². The van der Waals surface area contributed by atoms with Gasteiger partial charge in [0.15, 0.2) is 0 Å². The lowest BCUT2D eigenvalue weighted by atomic mass is 10.2. The highest BCUT2D eigenvalue weighted by atomic mass is 32.1. The summed E-state index contributed by atoms with van der Waals surface area (Å²) in [7, 11) is 0. The highest BCUT2D eigenvalue weighted by Crippen LogP contribution is 2.31. The number of carbonyl (C=O) groups excluding carboxylic acids is 2. The molecule has 0 unspecified atom stereocenters. The summed E-state index contributed by atoms with van der Waals surface area (Å²) in [4.78, 5) is 29.3. The maximum Gasteiger partial charge on any atom is 0.261 e. The number of benzene rings is 2. The standard InChI is InChI=1S/C20H15N3O2S2/c24-18(12-21-19(25)17-9-4-10-26-17)22-14-6-3-5-13(11-14)20-23-15-7-1-2-8-16(15)27-20/h1-11H,12H2,(H,21,25)(H,22,24). The van der Waals surface area contributed by atoms with Gasteiger partial charge in [0, 0.05) is 11.3 Å². The van der Waals surface area contributed by atoms with Gasteiger partial charge in [-0.1, -0.05) is 30.3 Å². The number of carbonyl (C=O) groups is 2. The fourth-order valence-corrected chi connectivity index (χ4v) is 4.19. The monoisotopic (exact) mass is 393 g/mol. The van der Waals surface area contributed by atoms with E-state index in [0.29, 0.717) is 10.6 Å². The van der Waals surface area contributed by atoms with Crippen LogP contribution in [0.4, 0.5) is 5.69 Å². The third-order valence-corrected chi connectivity index (χ3v) is 5.80. The number of hydrogen-bond acceptors (Lipinski definition) is 5. The third kappa shape index (κ3) is 4.05. The van der Waals surface area contributed by atoms with Crippen LogP contribution in [0.5, 0.6) is 0 Å². The molecule has 7 heteroatoms. The fraction of sp³-hybridized carbons (Fsp3) is 0.0500. The largest absolute Gasteiger partial charge is 0.342 e. The number of nitrogens with one attached hydrogen (secondary N) is 2. The van der Waals surface area contributed by atoms with E-state index in [1.807, 2.05) is 53.9 Å². The van der Waals surface area contributed by atoms with E-state index in [1.54, 1.807) is 23.5 Å². The van der Waals surface area contributed by atoms with Gasteiger partial charge in [0.1, 0.15) is 5.01 Å². The van der Waals surface area contributed by atoms with E-state index in [2.05, 4.69) is 15.6 Å². The lowest BCUT2D eigenvalue weighted by molar-refractivity contribution is -0.115. The van der Waals surface area contributed by atoms with Crippen LogP contribution in [0.15, 0.2) is 66.0 Å². The molecule has 2 N–H and O–H groups in total. The summed E-state index contributed by atoms with van der Waals surface area (Å²) in [5.74, 6) is -0.523. The number of hydrogen-bond donors (Lipinski definition) is 2. The number of amides is 2. The highest BCUT2D eigenvalue weighted by molar-refractivity contribution is 7.21. The van der Waals surface area contributed by atoms with Gasteiger partial charge in [-0.25, -0.2) is 4.98 Å². The molecular formula is C20H15N3O2S2. The molecule has 4 aromatic rings. The highest BCUT2D eigenvalue weighted by Gasteiger charge is 2.10. The van der Waals surface area contributed by atoms with E-state index in [9.17, 15) is 9.59 Å². The lowest BCUT2D eigenvalue weighted by Crippen LogP contribution is -2.32. The summed E-state index contributed by atoms with van der Waals surface area (Å²) in [6, 6.07) is 19.0. The summed E-state index contributed by atoms with van der Waals surface area (Å²) in [5.41, 5.74) is 2.57. The van der Waals surface area contributed by atoms with E-state index in [0.717, 1.165) is 20.8 Å². The average Bonchev–Trinajstić information content (AvgIpc) is 3.36. The first kappa shape index (κ1) is 17.4. The number of fused-ring (bicyclic) bond motifs is 1. The molecular weight excluding hydrogens is 378 g/mol. The van der Waals surface area contributed by atoms with Crippen molar-refractivity contribution in [1.82, 2.24) is 10.3 Å². The van der Waals surface area contributed by atoms with Crippen LogP contribution < -0.4 is 10.6 Å². The summed E-state index contributed by atoms with van der Waals surface area (Å²) < 4.78 is 1.12. The molecule has 0 aliphatic carbocycles. The Bertz CT molecular complexity index is 1070. The van der Waals surface area contributed by atoms with Crippen molar-refractivity contribution in [2.45, 2.75) is 0 Å². The van der Waals surface area contributed by atoms with Crippen molar-refractivity contribution >= 4 is 50.4 Å². The second-order valence-corrected chi connectivity index (χ2v) is 7.75. The summed E-state index contributed by atoms with van der Waals surface area (Å²) in [5, 5.41) is 8.15.